The molecule has 1 aromatic carbocycles. The zero-order valence-corrected chi connectivity index (χ0v) is 9.57. The second-order valence-electron chi connectivity index (χ2n) is 4.29. The highest BCUT2D eigenvalue weighted by molar-refractivity contribution is 5.74. The maximum atomic E-state index is 10.9. The summed E-state index contributed by atoms with van der Waals surface area (Å²) in [6.45, 7) is 1.56. The summed E-state index contributed by atoms with van der Waals surface area (Å²) in [4.78, 5) is 10.9. The van der Waals surface area contributed by atoms with Crippen molar-refractivity contribution < 1.29 is 4.79 Å². The van der Waals surface area contributed by atoms with E-state index in [0.717, 1.165) is 25.0 Å². The lowest BCUT2D eigenvalue weighted by Gasteiger charge is -2.22. The number of benzene rings is 1. The van der Waals surface area contributed by atoms with Crippen molar-refractivity contribution >= 4 is 5.91 Å². The van der Waals surface area contributed by atoms with E-state index in [4.69, 9.17) is 0 Å². The lowest BCUT2D eigenvalue weighted by atomic mass is 9.86. The van der Waals surface area contributed by atoms with Crippen LogP contribution in [0.4, 0.5) is 0 Å². The molecule has 0 heterocycles. The Morgan fingerprint density at radius 2 is 2.06 bits per heavy atom. The number of nitrogens with one attached hydrogen (secondary N) is 1. The Kier molecular flexibility index (Phi) is 3.40. The van der Waals surface area contributed by atoms with Crippen molar-refractivity contribution in [3.63, 3.8) is 0 Å². The molecular weight excluding hydrogens is 198 g/mol. The van der Waals surface area contributed by atoms with Gasteiger partial charge in [0.25, 0.3) is 0 Å². The lowest BCUT2D eigenvalue weighted by molar-refractivity contribution is -0.118. The third-order valence-corrected chi connectivity index (χ3v) is 3.02. The first-order valence-corrected chi connectivity index (χ1v) is 5.77. The Balaban J connectivity index is 1.99. The molecule has 0 saturated heterocycles. The summed E-state index contributed by atoms with van der Waals surface area (Å²) >= 11 is 0. The Hall–Kier alpha value is -1.57. The molecule has 2 rings (SSSR count). The molecule has 1 aromatic rings. The molecule has 84 valence electrons. The van der Waals surface area contributed by atoms with Gasteiger partial charge in [0.1, 0.15) is 0 Å². The van der Waals surface area contributed by atoms with E-state index in [0.29, 0.717) is 5.92 Å². The third kappa shape index (κ3) is 2.72. The Morgan fingerprint density at radius 1 is 1.31 bits per heavy atom. The molecule has 1 aliphatic carbocycles. The predicted octanol–water partition coefficient (Wildman–Crippen LogP) is 2.97. The first-order chi connectivity index (χ1) is 7.75. The zero-order valence-electron chi connectivity index (χ0n) is 9.57. The van der Waals surface area contributed by atoms with Crippen LogP contribution in [0.5, 0.6) is 0 Å². The van der Waals surface area contributed by atoms with Gasteiger partial charge in [-0.25, -0.2) is 0 Å². The maximum Gasteiger partial charge on any atom is 0.220 e. The normalized spacial score (nSPS) is 20.1. The lowest BCUT2D eigenvalue weighted by Crippen LogP contribution is -2.21. The van der Waals surface area contributed by atoms with Crippen molar-refractivity contribution in [2.45, 2.75) is 32.1 Å². The van der Waals surface area contributed by atoms with E-state index in [1.54, 1.807) is 6.92 Å². The van der Waals surface area contributed by atoms with Crippen LogP contribution in [0.15, 0.2) is 42.1 Å². The molecule has 2 nitrogen and oxygen atoms in total. The minimum Gasteiger partial charge on any atom is -0.330 e. The highest BCUT2D eigenvalue weighted by atomic mass is 16.1. The van der Waals surface area contributed by atoms with Crippen LogP contribution in [0.3, 0.4) is 0 Å². The van der Waals surface area contributed by atoms with Crippen LogP contribution in [0.2, 0.25) is 0 Å². The summed E-state index contributed by atoms with van der Waals surface area (Å²) in [6, 6.07) is 10.6. The van der Waals surface area contributed by atoms with Crippen LogP contribution in [-0.2, 0) is 4.79 Å². The van der Waals surface area contributed by atoms with Crippen LogP contribution < -0.4 is 5.32 Å². The largest absolute Gasteiger partial charge is 0.330 e. The molecule has 0 aliphatic heterocycles. The van der Waals surface area contributed by atoms with E-state index < -0.39 is 0 Å². The maximum absolute atomic E-state index is 10.9. The quantitative estimate of drug-likeness (QED) is 0.807. The van der Waals surface area contributed by atoms with Gasteiger partial charge in [-0.05, 0) is 30.7 Å². The summed E-state index contributed by atoms with van der Waals surface area (Å²) in [5, 5.41) is 2.88. The second-order valence-corrected chi connectivity index (χ2v) is 4.29. The molecule has 0 bridgehead atoms. The van der Waals surface area contributed by atoms with Crippen molar-refractivity contribution in [3.8, 4) is 0 Å². The molecule has 0 saturated carbocycles. The first-order valence-electron chi connectivity index (χ1n) is 5.77. The van der Waals surface area contributed by atoms with Crippen molar-refractivity contribution in [3.05, 3.63) is 47.7 Å². The van der Waals surface area contributed by atoms with E-state index in [2.05, 4.69) is 35.7 Å². The summed E-state index contributed by atoms with van der Waals surface area (Å²) in [6.07, 6.45) is 5.28. The minimum absolute atomic E-state index is 0.0319. The number of hydrogen-bond acceptors (Lipinski definition) is 1. The molecule has 0 aromatic heterocycles. The van der Waals surface area contributed by atoms with E-state index in [1.807, 2.05) is 6.07 Å². The summed E-state index contributed by atoms with van der Waals surface area (Å²) in [5.74, 6) is 0.642. The molecule has 16 heavy (non-hydrogen) atoms. The first kappa shape index (κ1) is 10.9. The molecular formula is C14H17NO. The van der Waals surface area contributed by atoms with Gasteiger partial charge in [-0.1, -0.05) is 36.4 Å². The van der Waals surface area contributed by atoms with Crippen LogP contribution in [0.1, 0.15) is 37.7 Å². The number of carbonyl (C=O) groups is 1. The van der Waals surface area contributed by atoms with Crippen molar-refractivity contribution in [1.82, 2.24) is 5.32 Å². The summed E-state index contributed by atoms with van der Waals surface area (Å²) in [5.41, 5.74) is 2.49. The molecule has 2 heteroatoms. The fraction of sp³-hybridized carbons (Fsp3) is 0.357. The standard InChI is InChI=1S/C14H17NO/c1-11(16)15-14-9-7-13(8-10-14)12-5-3-2-4-6-12/h2-6,9,13H,7-8,10H2,1H3,(H,15,16). The molecule has 0 spiro atoms. The number of rotatable bonds is 2. The van der Waals surface area contributed by atoms with Gasteiger partial charge in [-0.2, -0.15) is 0 Å². The van der Waals surface area contributed by atoms with Crippen molar-refractivity contribution in [1.29, 1.82) is 0 Å². The van der Waals surface area contributed by atoms with Gasteiger partial charge in [0, 0.05) is 12.6 Å². The molecule has 1 aliphatic rings. The van der Waals surface area contributed by atoms with E-state index in [9.17, 15) is 4.79 Å². The molecule has 1 atom stereocenters. The SMILES string of the molecule is CC(=O)NC1=CCC(c2ccccc2)CC1. The van der Waals surface area contributed by atoms with Gasteiger partial charge in [0.2, 0.25) is 5.91 Å². The fourth-order valence-corrected chi connectivity index (χ4v) is 2.20. The van der Waals surface area contributed by atoms with Gasteiger partial charge in [0.15, 0.2) is 0 Å². The Labute approximate surface area is 96.4 Å². The summed E-state index contributed by atoms with van der Waals surface area (Å²) in [7, 11) is 0. The molecule has 1 N–H and O–H groups in total. The van der Waals surface area contributed by atoms with E-state index in [-0.39, 0.29) is 5.91 Å². The van der Waals surface area contributed by atoms with Crippen LogP contribution in [0.25, 0.3) is 0 Å². The number of hydrogen-bond donors (Lipinski definition) is 1. The van der Waals surface area contributed by atoms with Gasteiger partial charge >= 0.3 is 0 Å². The molecule has 0 radical (unpaired) electrons. The second kappa shape index (κ2) is 4.97. The molecule has 1 unspecified atom stereocenters. The number of carbonyl (C=O) groups excluding carboxylic acids is 1. The number of amides is 1. The summed E-state index contributed by atoms with van der Waals surface area (Å²) < 4.78 is 0. The smallest absolute Gasteiger partial charge is 0.220 e. The average Bonchev–Trinajstić information content (AvgIpc) is 2.30. The molecule has 0 fully saturated rings. The zero-order chi connectivity index (χ0) is 11.4. The topological polar surface area (TPSA) is 29.1 Å². The monoisotopic (exact) mass is 215 g/mol. The predicted molar refractivity (Wildman–Crippen MR) is 64.9 cm³/mol. The molecule has 1 amide bonds. The van der Waals surface area contributed by atoms with E-state index in [1.165, 1.54) is 5.56 Å². The average molecular weight is 215 g/mol. The van der Waals surface area contributed by atoms with Gasteiger partial charge in [-0.3, -0.25) is 4.79 Å². The fourth-order valence-electron chi connectivity index (χ4n) is 2.20. The Bertz CT molecular complexity index is 394. The minimum atomic E-state index is 0.0319. The van der Waals surface area contributed by atoms with E-state index >= 15 is 0 Å². The van der Waals surface area contributed by atoms with Crippen LogP contribution in [-0.4, -0.2) is 5.91 Å². The van der Waals surface area contributed by atoms with Crippen molar-refractivity contribution in [2.75, 3.05) is 0 Å². The van der Waals surface area contributed by atoms with Crippen molar-refractivity contribution in [2.24, 2.45) is 0 Å². The van der Waals surface area contributed by atoms with Gasteiger partial charge in [-0.15, -0.1) is 0 Å². The van der Waals surface area contributed by atoms with Gasteiger partial charge < -0.3 is 5.32 Å². The Morgan fingerprint density at radius 3 is 2.62 bits per heavy atom. The highest BCUT2D eigenvalue weighted by Gasteiger charge is 2.16. The third-order valence-electron chi connectivity index (χ3n) is 3.02. The highest BCUT2D eigenvalue weighted by Crippen LogP contribution is 2.30. The van der Waals surface area contributed by atoms with Gasteiger partial charge in [0.05, 0.1) is 0 Å². The van der Waals surface area contributed by atoms with Crippen LogP contribution >= 0.6 is 0 Å². The van der Waals surface area contributed by atoms with Crippen LogP contribution in [0, 0.1) is 0 Å². The number of allylic oxidation sites excluding steroid dienone is 2.